The molecule has 0 aromatic carbocycles. The third-order valence-electron chi connectivity index (χ3n) is 1.74. The zero-order chi connectivity index (χ0) is 10.6. The maximum atomic E-state index is 11.4. The molecule has 0 bridgehead atoms. The molecule has 14 heavy (non-hydrogen) atoms. The number of nitrogens with one attached hydrogen (secondary N) is 1. The Morgan fingerprint density at radius 3 is 3.00 bits per heavy atom. The van der Waals surface area contributed by atoms with E-state index in [1.165, 1.54) is 10.7 Å². The van der Waals surface area contributed by atoms with Crippen molar-refractivity contribution in [1.82, 2.24) is 15.1 Å². The summed E-state index contributed by atoms with van der Waals surface area (Å²) in [6, 6.07) is 1.53. The highest BCUT2D eigenvalue weighted by atomic mass is 16.5. The zero-order valence-corrected chi connectivity index (χ0v) is 8.28. The van der Waals surface area contributed by atoms with Crippen LogP contribution in [0.15, 0.2) is 6.07 Å². The van der Waals surface area contributed by atoms with Crippen molar-refractivity contribution in [2.75, 3.05) is 26.0 Å². The van der Waals surface area contributed by atoms with Gasteiger partial charge in [0.25, 0.3) is 5.91 Å². The Hall–Kier alpha value is -1.56. The summed E-state index contributed by atoms with van der Waals surface area (Å²) in [5.74, 6) is 0.219. The summed E-state index contributed by atoms with van der Waals surface area (Å²) < 4.78 is 6.24. The van der Waals surface area contributed by atoms with Crippen molar-refractivity contribution in [3.8, 4) is 0 Å². The molecule has 6 heteroatoms. The number of ether oxygens (including phenoxy) is 1. The van der Waals surface area contributed by atoms with E-state index >= 15 is 0 Å². The van der Waals surface area contributed by atoms with E-state index in [0.29, 0.717) is 24.7 Å². The Bertz CT molecular complexity index is 302. The first-order valence-electron chi connectivity index (χ1n) is 4.22. The number of anilines is 1. The van der Waals surface area contributed by atoms with Crippen LogP contribution in [0.4, 0.5) is 5.82 Å². The Morgan fingerprint density at radius 2 is 2.50 bits per heavy atom. The fourth-order valence-electron chi connectivity index (χ4n) is 0.950. The normalized spacial score (nSPS) is 10.1. The van der Waals surface area contributed by atoms with Crippen molar-refractivity contribution in [1.29, 1.82) is 0 Å². The molecule has 0 aliphatic carbocycles. The lowest BCUT2D eigenvalue weighted by atomic mass is 10.4. The van der Waals surface area contributed by atoms with Gasteiger partial charge in [-0.25, -0.2) is 0 Å². The standard InChI is InChI=1S/C8H14N4O2/c1-12-7(9)5-6(11-12)8(13)10-3-4-14-2/h5H,3-4,9H2,1-2H3,(H,10,13). The van der Waals surface area contributed by atoms with E-state index in [2.05, 4.69) is 10.4 Å². The van der Waals surface area contributed by atoms with Crippen LogP contribution in [0, 0.1) is 0 Å². The molecule has 0 radical (unpaired) electrons. The minimum absolute atomic E-state index is 0.241. The van der Waals surface area contributed by atoms with E-state index < -0.39 is 0 Å². The molecule has 3 N–H and O–H groups in total. The first kappa shape index (κ1) is 10.5. The molecule has 1 rings (SSSR count). The van der Waals surface area contributed by atoms with Crippen molar-refractivity contribution in [2.45, 2.75) is 0 Å². The molecular formula is C8H14N4O2. The third kappa shape index (κ3) is 2.46. The van der Waals surface area contributed by atoms with Crippen LogP contribution in [0.3, 0.4) is 0 Å². The third-order valence-corrected chi connectivity index (χ3v) is 1.74. The second-order valence-corrected chi connectivity index (χ2v) is 2.83. The molecular weight excluding hydrogens is 184 g/mol. The predicted molar refractivity (Wildman–Crippen MR) is 51.8 cm³/mol. The monoisotopic (exact) mass is 198 g/mol. The summed E-state index contributed by atoms with van der Waals surface area (Å²) in [4.78, 5) is 11.4. The number of methoxy groups -OCH3 is 1. The highest BCUT2D eigenvalue weighted by molar-refractivity contribution is 5.92. The van der Waals surface area contributed by atoms with Gasteiger partial charge >= 0.3 is 0 Å². The van der Waals surface area contributed by atoms with E-state index in [-0.39, 0.29) is 5.91 Å². The SMILES string of the molecule is COCCNC(=O)c1cc(N)n(C)n1. The highest BCUT2D eigenvalue weighted by Crippen LogP contribution is 2.03. The van der Waals surface area contributed by atoms with Crippen LogP contribution in [0.5, 0.6) is 0 Å². The second-order valence-electron chi connectivity index (χ2n) is 2.83. The number of aryl methyl sites for hydroxylation is 1. The van der Waals surface area contributed by atoms with Gasteiger partial charge in [-0.3, -0.25) is 9.48 Å². The quantitative estimate of drug-likeness (QED) is 0.631. The van der Waals surface area contributed by atoms with Gasteiger partial charge in [0, 0.05) is 26.8 Å². The van der Waals surface area contributed by atoms with E-state index in [1.807, 2.05) is 0 Å². The Labute approximate surface area is 82.0 Å². The lowest BCUT2D eigenvalue weighted by Crippen LogP contribution is -2.27. The van der Waals surface area contributed by atoms with Gasteiger partial charge in [-0.05, 0) is 0 Å². The maximum Gasteiger partial charge on any atom is 0.271 e. The summed E-state index contributed by atoms with van der Waals surface area (Å²) in [5, 5.41) is 6.57. The average Bonchev–Trinajstić information content (AvgIpc) is 2.47. The van der Waals surface area contributed by atoms with Gasteiger partial charge in [-0.1, -0.05) is 0 Å². The number of carbonyl (C=O) groups excluding carboxylic acids is 1. The Morgan fingerprint density at radius 1 is 1.79 bits per heavy atom. The zero-order valence-electron chi connectivity index (χ0n) is 8.28. The van der Waals surface area contributed by atoms with Gasteiger partial charge in [0.1, 0.15) is 5.82 Å². The number of carbonyl (C=O) groups is 1. The largest absolute Gasteiger partial charge is 0.384 e. The van der Waals surface area contributed by atoms with Gasteiger partial charge in [-0.15, -0.1) is 0 Å². The van der Waals surface area contributed by atoms with E-state index in [4.69, 9.17) is 10.5 Å². The molecule has 1 amide bonds. The number of hydrogen-bond acceptors (Lipinski definition) is 4. The number of rotatable bonds is 4. The van der Waals surface area contributed by atoms with Crippen molar-refractivity contribution >= 4 is 11.7 Å². The van der Waals surface area contributed by atoms with Crippen molar-refractivity contribution in [2.24, 2.45) is 7.05 Å². The van der Waals surface area contributed by atoms with E-state index in [9.17, 15) is 4.79 Å². The first-order chi connectivity index (χ1) is 6.65. The molecule has 0 saturated carbocycles. The number of nitrogens with zero attached hydrogens (tertiary/aromatic N) is 2. The Kier molecular flexibility index (Phi) is 3.47. The topological polar surface area (TPSA) is 82.2 Å². The molecule has 0 saturated heterocycles. The maximum absolute atomic E-state index is 11.4. The van der Waals surface area contributed by atoms with Crippen LogP contribution < -0.4 is 11.1 Å². The van der Waals surface area contributed by atoms with E-state index in [1.54, 1.807) is 14.2 Å². The van der Waals surface area contributed by atoms with Crippen LogP contribution in [0.1, 0.15) is 10.5 Å². The fourth-order valence-corrected chi connectivity index (χ4v) is 0.950. The number of aromatic nitrogens is 2. The average molecular weight is 198 g/mol. The summed E-state index contributed by atoms with van der Waals surface area (Å²) in [5.41, 5.74) is 5.85. The van der Waals surface area contributed by atoms with Crippen LogP contribution in [-0.4, -0.2) is 35.9 Å². The molecule has 0 atom stereocenters. The van der Waals surface area contributed by atoms with Crippen LogP contribution in [0.25, 0.3) is 0 Å². The van der Waals surface area contributed by atoms with Crippen molar-refractivity contribution < 1.29 is 9.53 Å². The number of hydrogen-bond donors (Lipinski definition) is 2. The van der Waals surface area contributed by atoms with Crippen molar-refractivity contribution in [3.63, 3.8) is 0 Å². The summed E-state index contributed by atoms with van der Waals surface area (Å²) >= 11 is 0. The molecule has 6 nitrogen and oxygen atoms in total. The molecule has 0 unspecified atom stereocenters. The molecule has 0 aliphatic heterocycles. The smallest absolute Gasteiger partial charge is 0.271 e. The molecule has 1 aromatic rings. The second kappa shape index (κ2) is 4.61. The van der Waals surface area contributed by atoms with Gasteiger partial charge in [0.15, 0.2) is 5.69 Å². The van der Waals surface area contributed by atoms with Crippen molar-refractivity contribution in [3.05, 3.63) is 11.8 Å². The van der Waals surface area contributed by atoms with Gasteiger partial charge < -0.3 is 15.8 Å². The highest BCUT2D eigenvalue weighted by Gasteiger charge is 2.09. The fraction of sp³-hybridized carbons (Fsp3) is 0.500. The number of nitrogens with two attached hydrogens (primary N) is 1. The molecule has 78 valence electrons. The van der Waals surface area contributed by atoms with E-state index in [0.717, 1.165) is 0 Å². The molecule has 1 aromatic heterocycles. The summed E-state index contributed by atoms with van der Waals surface area (Å²) in [7, 11) is 3.26. The number of nitrogen functional groups attached to an aromatic ring is 1. The van der Waals surface area contributed by atoms with Crippen LogP contribution >= 0.6 is 0 Å². The molecule has 0 aliphatic rings. The number of amides is 1. The Balaban J connectivity index is 2.52. The first-order valence-corrected chi connectivity index (χ1v) is 4.22. The van der Waals surface area contributed by atoms with Gasteiger partial charge in [0.2, 0.25) is 0 Å². The molecule has 1 heterocycles. The lowest BCUT2D eigenvalue weighted by Gasteiger charge is -2.00. The lowest BCUT2D eigenvalue weighted by molar-refractivity contribution is 0.0931. The molecule has 0 spiro atoms. The van der Waals surface area contributed by atoms with Gasteiger partial charge in [0.05, 0.1) is 6.61 Å². The van der Waals surface area contributed by atoms with Crippen LogP contribution in [0.2, 0.25) is 0 Å². The minimum atomic E-state index is -0.241. The molecule has 0 fully saturated rings. The van der Waals surface area contributed by atoms with Crippen LogP contribution in [-0.2, 0) is 11.8 Å². The minimum Gasteiger partial charge on any atom is -0.384 e. The summed E-state index contributed by atoms with van der Waals surface area (Å²) in [6.07, 6.45) is 0. The van der Waals surface area contributed by atoms with Gasteiger partial charge in [-0.2, -0.15) is 5.10 Å². The predicted octanol–water partition coefficient (Wildman–Crippen LogP) is -0.621. The summed E-state index contributed by atoms with van der Waals surface area (Å²) in [6.45, 7) is 0.944.